The summed E-state index contributed by atoms with van der Waals surface area (Å²) in [5.41, 5.74) is 1.67. The Bertz CT molecular complexity index is 927. The van der Waals surface area contributed by atoms with Crippen LogP contribution in [0.3, 0.4) is 0 Å². The summed E-state index contributed by atoms with van der Waals surface area (Å²) in [6.07, 6.45) is 3.24. The SMILES string of the molecule is O=C(C=Cc1ccccc1)c1ccc(OC(=O)c2ccc(F)cc2)cc1. The van der Waals surface area contributed by atoms with E-state index in [2.05, 4.69) is 0 Å². The van der Waals surface area contributed by atoms with Gasteiger partial charge in [-0.15, -0.1) is 0 Å². The van der Waals surface area contributed by atoms with E-state index in [1.165, 1.54) is 30.3 Å². The highest BCUT2D eigenvalue weighted by Gasteiger charge is 2.09. The molecule has 0 N–H and O–H groups in total. The maximum Gasteiger partial charge on any atom is 0.343 e. The number of ketones is 1. The number of allylic oxidation sites excluding steroid dienone is 1. The average molecular weight is 346 g/mol. The number of ether oxygens (including phenoxy) is 1. The molecule has 0 aliphatic heterocycles. The lowest BCUT2D eigenvalue weighted by molar-refractivity contribution is 0.0734. The number of hydrogen-bond donors (Lipinski definition) is 0. The molecule has 0 spiro atoms. The molecular formula is C22H15FO3. The molecule has 3 rings (SSSR count). The highest BCUT2D eigenvalue weighted by atomic mass is 19.1. The monoisotopic (exact) mass is 346 g/mol. The van der Waals surface area contributed by atoms with Crippen LogP contribution in [0.4, 0.5) is 4.39 Å². The quantitative estimate of drug-likeness (QED) is 0.284. The van der Waals surface area contributed by atoms with Gasteiger partial charge in [0.25, 0.3) is 0 Å². The molecule has 0 amide bonds. The topological polar surface area (TPSA) is 43.4 Å². The van der Waals surface area contributed by atoms with Crippen LogP contribution in [0.25, 0.3) is 6.08 Å². The van der Waals surface area contributed by atoms with Crippen molar-refractivity contribution >= 4 is 17.8 Å². The van der Waals surface area contributed by atoms with Gasteiger partial charge >= 0.3 is 5.97 Å². The third kappa shape index (κ3) is 4.51. The van der Waals surface area contributed by atoms with E-state index in [0.717, 1.165) is 5.56 Å². The van der Waals surface area contributed by atoms with E-state index in [1.807, 2.05) is 30.3 Å². The summed E-state index contributed by atoms with van der Waals surface area (Å²) >= 11 is 0. The summed E-state index contributed by atoms with van der Waals surface area (Å²) < 4.78 is 18.1. The minimum atomic E-state index is -0.590. The van der Waals surface area contributed by atoms with Crippen molar-refractivity contribution in [2.75, 3.05) is 0 Å². The maximum absolute atomic E-state index is 12.9. The van der Waals surface area contributed by atoms with Crippen molar-refractivity contribution in [3.63, 3.8) is 0 Å². The Morgan fingerprint density at radius 1 is 0.769 bits per heavy atom. The standard InChI is InChI=1S/C22H15FO3/c23-19-11-7-18(8-12-19)22(25)26-20-13-9-17(10-14-20)21(24)15-6-16-4-2-1-3-5-16/h1-15H. The number of halogens is 1. The van der Waals surface area contributed by atoms with Crippen LogP contribution in [0.1, 0.15) is 26.3 Å². The number of esters is 1. The Balaban J connectivity index is 1.64. The van der Waals surface area contributed by atoms with Crippen molar-refractivity contribution in [2.45, 2.75) is 0 Å². The lowest BCUT2D eigenvalue weighted by atomic mass is 10.1. The first-order chi connectivity index (χ1) is 12.6. The Kier molecular flexibility index (Phi) is 5.34. The second-order valence-electron chi connectivity index (χ2n) is 5.53. The molecule has 3 nitrogen and oxygen atoms in total. The van der Waals surface area contributed by atoms with Crippen molar-refractivity contribution in [3.05, 3.63) is 107 Å². The van der Waals surface area contributed by atoms with Crippen molar-refractivity contribution in [2.24, 2.45) is 0 Å². The van der Waals surface area contributed by atoms with E-state index in [9.17, 15) is 14.0 Å². The van der Waals surface area contributed by atoms with Gasteiger partial charge in [0, 0.05) is 5.56 Å². The second-order valence-corrected chi connectivity index (χ2v) is 5.53. The van der Waals surface area contributed by atoms with Gasteiger partial charge in [0.1, 0.15) is 11.6 Å². The molecule has 4 heteroatoms. The summed E-state index contributed by atoms with van der Waals surface area (Å²) in [6, 6.07) is 20.9. The summed E-state index contributed by atoms with van der Waals surface area (Å²) in [4.78, 5) is 24.2. The number of benzene rings is 3. The third-order valence-electron chi connectivity index (χ3n) is 3.66. The van der Waals surface area contributed by atoms with Crippen LogP contribution >= 0.6 is 0 Å². The van der Waals surface area contributed by atoms with Gasteiger partial charge in [0.2, 0.25) is 0 Å². The zero-order valence-electron chi connectivity index (χ0n) is 13.8. The highest BCUT2D eigenvalue weighted by Crippen LogP contribution is 2.16. The fourth-order valence-electron chi connectivity index (χ4n) is 2.27. The van der Waals surface area contributed by atoms with Gasteiger partial charge in [-0.05, 0) is 60.2 Å². The fourth-order valence-corrected chi connectivity index (χ4v) is 2.27. The molecule has 26 heavy (non-hydrogen) atoms. The summed E-state index contributed by atoms with van der Waals surface area (Å²) in [6.45, 7) is 0. The summed E-state index contributed by atoms with van der Waals surface area (Å²) in [7, 11) is 0. The molecule has 0 heterocycles. The fraction of sp³-hybridized carbons (Fsp3) is 0. The Hall–Kier alpha value is -3.53. The van der Waals surface area contributed by atoms with Crippen LogP contribution in [0.15, 0.2) is 84.9 Å². The van der Waals surface area contributed by atoms with Crippen LogP contribution < -0.4 is 4.74 Å². The molecule has 3 aromatic rings. The van der Waals surface area contributed by atoms with Crippen molar-refractivity contribution in [1.29, 1.82) is 0 Å². The predicted molar refractivity (Wildman–Crippen MR) is 97.6 cm³/mol. The van der Waals surface area contributed by atoms with E-state index in [-0.39, 0.29) is 11.3 Å². The molecule has 0 saturated heterocycles. The first-order valence-corrected chi connectivity index (χ1v) is 7.97. The molecule has 3 aromatic carbocycles. The van der Waals surface area contributed by atoms with Gasteiger partial charge in [0.05, 0.1) is 5.56 Å². The van der Waals surface area contributed by atoms with E-state index in [0.29, 0.717) is 11.3 Å². The van der Waals surface area contributed by atoms with Crippen molar-refractivity contribution < 1.29 is 18.7 Å². The molecule has 0 radical (unpaired) electrons. The van der Waals surface area contributed by atoms with Crippen molar-refractivity contribution in [3.8, 4) is 5.75 Å². The van der Waals surface area contributed by atoms with Crippen LogP contribution in [0.5, 0.6) is 5.75 Å². The lowest BCUT2D eigenvalue weighted by Crippen LogP contribution is -2.08. The molecule has 0 aromatic heterocycles. The highest BCUT2D eigenvalue weighted by molar-refractivity contribution is 6.06. The zero-order valence-corrected chi connectivity index (χ0v) is 13.8. The molecule has 0 saturated carbocycles. The number of rotatable bonds is 5. The van der Waals surface area contributed by atoms with Gasteiger partial charge in [-0.3, -0.25) is 4.79 Å². The molecule has 0 bridgehead atoms. The third-order valence-corrected chi connectivity index (χ3v) is 3.66. The normalized spacial score (nSPS) is 10.7. The molecule has 0 unspecified atom stereocenters. The first kappa shape index (κ1) is 17.3. The van der Waals surface area contributed by atoms with E-state index in [1.54, 1.807) is 30.3 Å². The molecule has 0 fully saturated rings. The van der Waals surface area contributed by atoms with Gasteiger partial charge in [0.15, 0.2) is 5.78 Å². The Labute approximate surface area is 150 Å². The largest absolute Gasteiger partial charge is 0.423 e. The lowest BCUT2D eigenvalue weighted by Gasteiger charge is -2.05. The van der Waals surface area contributed by atoms with Gasteiger partial charge < -0.3 is 4.74 Å². The van der Waals surface area contributed by atoms with Gasteiger partial charge in [-0.25, -0.2) is 9.18 Å². The van der Waals surface area contributed by atoms with Crippen molar-refractivity contribution in [1.82, 2.24) is 0 Å². The van der Waals surface area contributed by atoms with E-state index in [4.69, 9.17) is 4.74 Å². The van der Waals surface area contributed by atoms with Gasteiger partial charge in [-0.1, -0.05) is 36.4 Å². The number of carbonyl (C=O) groups excluding carboxylic acids is 2. The summed E-state index contributed by atoms with van der Waals surface area (Å²) in [5.74, 6) is -0.853. The van der Waals surface area contributed by atoms with Crippen LogP contribution in [-0.4, -0.2) is 11.8 Å². The molecule has 0 aliphatic rings. The average Bonchev–Trinajstić information content (AvgIpc) is 2.68. The maximum atomic E-state index is 12.9. The predicted octanol–water partition coefficient (Wildman–Crippen LogP) is 4.94. The minimum Gasteiger partial charge on any atom is -0.423 e. The van der Waals surface area contributed by atoms with E-state index < -0.39 is 11.8 Å². The molecular weight excluding hydrogens is 331 g/mol. The molecule has 128 valence electrons. The van der Waals surface area contributed by atoms with Crippen LogP contribution in [-0.2, 0) is 0 Å². The van der Waals surface area contributed by atoms with E-state index >= 15 is 0 Å². The first-order valence-electron chi connectivity index (χ1n) is 7.97. The Morgan fingerprint density at radius 3 is 2.04 bits per heavy atom. The molecule has 0 aliphatic carbocycles. The second kappa shape index (κ2) is 8.03. The smallest absolute Gasteiger partial charge is 0.343 e. The van der Waals surface area contributed by atoms with Crippen LogP contribution in [0.2, 0.25) is 0 Å². The zero-order chi connectivity index (χ0) is 18.4. The number of hydrogen-bond acceptors (Lipinski definition) is 3. The summed E-state index contributed by atoms with van der Waals surface area (Å²) in [5, 5.41) is 0. The van der Waals surface area contributed by atoms with Crippen LogP contribution in [0, 0.1) is 5.82 Å². The molecule has 0 atom stereocenters. The van der Waals surface area contributed by atoms with Gasteiger partial charge in [-0.2, -0.15) is 0 Å². The number of carbonyl (C=O) groups is 2. The Morgan fingerprint density at radius 2 is 1.38 bits per heavy atom. The minimum absolute atomic E-state index is 0.148.